The molecule has 0 amide bonds. The molecule has 4 nitrogen and oxygen atoms in total. The van der Waals surface area contributed by atoms with Gasteiger partial charge < -0.3 is 14.3 Å². The number of aromatic amines is 1. The molecule has 0 atom stereocenters. The maximum Gasteiger partial charge on any atom is 0.494 e. The van der Waals surface area contributed by atoms with Gasteiger partial charge in [-0.1, -0.05) is 18.2 Å². The van der Waals surface area contributed by atoms with Gasteiger partial charge in [-0.3, -0.25) is 0 Å². The van der Waals surface area contributed by atoms with Crippen LogP contribution in [-0.4, -0.2) is 28.3 Å². The minimum Gasteiger partial charge on any atom is -0.399 e. The lowest BCUT2D eigenvalue weighted by Gasteiger charge is -2.32. The van der Waals surface area contributed by atoms with Crippen molar-refractivity contribution in [1.29, 1.82) is 0 Å². The van der Waals surface area contributed by atoms with Gasteiger partial charge in [0.2, 0.25) is 0 Å². The van der Waals surface area contributed by atoms with Crippen LogP contribution in [0.1, 0.15) is 50.9 Å². The van der Waals surface area contributed by atoms with Gasteiger partial charge in [0, 0.05) is 0 Å². The van der Waals surface area contributed by atoms with Crippen LogP contribution in [0.15, 0.2) is 30.7 Å². The number of fused-ring (bicyclic) bond motifs is 1. The third-order valence-electron chi connectivity index (χ3n) is 5.53. The second-order valence-electron chi connectivity index (χ2n) is 7.68. The van der Waals surface area contributed by atoms with Crippen molar-refractivity contribution in [3.63, 3.8) is 0 Å². The highest BCUT2D eigenvalue weighted by Gasteiger charge is 2.51. The molecule has 1 aromatic heterocycles. The Balaban J connectivity index is 1.62. The number of hydrogen-bond donors (Lipinski definition) is 1. The van der Waals surface area contributed by atoms with Gasteiger partial charge in [0.15, 0.2) is 0 Å². The molecule has 4 rings (SSSR count). The first-order valence-corrected chi connectivity index (χ1v) is 8.53. The molecule has 1 aromatic carbocycles. The molecule has 1 aliphatic heterocycles. The number of nitrogens with zero attached hydrogens (tertiary/aromatic N) is 1. The summed E-state index contributed by atoms with van der Waals surface area (Å²) in [6.07, 6.45) is 7.90. The number of imidazole rings is 1. The van der Waals surface area contributed by atoms with Crippen LogP contribution < -0.4 is 5.46 Å². The number of benzene rings is 1. The SMILES string of the molecule is CC1(C)OB(c2ccc3c(c2)CCC(c2cnc[nH]2)=C3)OC1(C)C. The summed E-state index contributed by atoms with van der Waals surface area (Å²) in [6.45, 7) is 8.35. The van der Waals surface area contributed by atoms with Crippen molar-refractivity contribution in [3.8, 4) is 0 Å². The summed E-state index contributed by atoms with van der Waals surface area (Å²) >= 11 is 0. The normalized spacial score (nSPS) is 21.5. The lowest BCUT2D eigenvalue weighted by molar-refractivity contribution is 0.00578. The van der Waals surface area contributed by atoms with Crippen molar-refractivity contribution in [3.05, 3.63) is 47.5 Å². The smallest absolute Gasteiger partial charge is 0.399 e. The summed E-state index contributed by atoms with van der Waals surface area (Å²) in [5.74, 6) is 0. The maximum atomic E-state index is 6.17. The van der Waals surface area contributed by atoms with Gasteiger partial charge in [-0.2, -0.15) is 0 Å². The molecule has 0 spiro atoms. The average Bonchev–Trinajstić information content (AvgIpc) is 3.13. The second-order valence-corrected chi connectivity index (χ2v) is 7.68. The number of aromatic nitrogens is 2. The first kappa shape index (κ1) is 15.7. The third kappa shape index (κ3) is 2.52. The zero-order chi connectivity index (χ0) is 16.9. The van der Waals surface area contributed by atoms with Crippen LogP contribution >= 0.6 is 0 Å². The fourth-order valence-electron chi connectivity index (χ4n) is 3.28. The Bertz CT molecular complexity index is 778. The molecule has 24 heavy (non-hydrogen) atoms. The Morgan fingerprint density at radius 2 is 1.83 bits per heavy atom. The largest absolute Gasteiger partial charge is 0.494 e. The van der Waals surface area contributed by atoms with E-state index < -0.39 is 0 Å². The van der Waals surface area contributed by atoms with E-state index in [9.17, 15) is 0 Å². The molecule has 2 aliphatic rings. The second kappa shape index (κ2) is 5.33. The summed E-state index contributed by atoms with van der Waals surface area (Å²) in [6, 6.07) is 6.52. The average molecular weight is 322 g/mol. The molecule has 0 saturated carbocycles. The first-order chi connectivity index (χ1) is 11.4. The fraction of sp³-hybridized carbons (Fsp3) is 0.421. The Morgan fingerprint density at radius 1 is 1.08 bits per heavy atom. The van der Waals surface area contributed by atoms with Gasteiger partial charge in [-0.05, 0) is 68.8 Å². The summed E-state index contributed by atoms with van der Waals surface area (Å²) in [7, 11) is -0.293. The minimum atomic E-state index is -0.304. The highest BCUT2D eigenvalue weighted by atomic mass is 16.7. The van der Waals surface area contributed by atoms with E-state index in [1.54, 1.807) is 6.33 Å². The van der Waals surface area contributed by atoms with Gasteiger partial charge in [-0.25, -0.2) is 4.98 Å². The number of rotatable bonds is 2. The van der Waals surface area contributed by atoms with Gasteiger partial charge in [-0.15, -0.1) is 0 Å². The third-order valence-corrected chi connectivity index (χ3v) is 5.53. The number of H-pyrrole nitrogens is 1. The van der Waals surface area contributed by atoms with E-state index in [1.165, 1.54) is 16.7 Å². The molecule has 0 bridgehead atoms. The molecule has 1 aliphatic carbocycles. The lowest BCUT2D eigenvalue weighted by atomic mass is 9.76. The zero-order valence-electron chi connectivity index (χ0n) is 14.7. The molecule has 1 fully saturated rings. The van der Waals surface area contributed by atoms with E-state index in [0.717, 1.165) is 24.0 Å². The molecular weight excluding hydrogens is 299 g/mol. The number of nitrogens with one attached hydrogen (secondary N) is 1. The summed E-state index contributed by atoms with van der Waals surface area (Å²) in [4.78, 5) is 7.31. The molecule has 1 saturated heterocycles. The lowest BCUT2D eigenvalue weighted by Crippen LogP contribution is -2.41. The molecular formula is C19H23BN2O2. The van der Waals surface area contributed by atoms with Crippen molar-refractivity contribution in [2.75, 3.05) is 0 Å². The predicted octanol–water partition coefficient (Wildman–Crippen LogP) is 3.20. The number of hydrogen-bond acceptors (Lipinski definition) is 3. The van der Waals surface area contributed by atoms with Crippen molar-refractivity contribution < 1.29 is 9.31 Å². The fourth-order valence-corrected chi connectivity index (χ4v) is 3.28. The van der Waals surface area contributed by atoms with E-state index in [1.807, 2.05) is 6.20 Å². The van der Waals surface area contributed by atoms with Crippen LogP contribution in [0.5, 0.6) is 0 Å². The Morgan fingerprint density at radius 3 is 2.50 bits per heavy atom. The standard InChI is InChI=1S/C19H23BN2O2/c1-18(2)19(3,4)24-20(23-18)16-8-7-13-9-15(6-5-14(13)10-16)17-11-21-12-22-17/h7-12H,5-6H2,1-4H3,(H,21,22). The molecule has 5 heteroatoms. The van der Waals surface area contributed by atoms with Gasteiger partial charge in [0.25, 0.3) is 0 Å². The van der Waals surface area contributed by atoms with Crippen molar-refractivity contribution >= 4 is 24.2 Å². The van der Waals surface area contributed by atoms with Crippen LogP contribution in [0, 0.1) is 0 Å². The van der Waals surface area contributed by atoms with Crippen LogP contribution in [0.2, 0.25) is 0 Å². The quantitative estimate of drug-likeness (QED) is 0.864. The van der Waals surface area contributed by atoms with E-state index in [0.29, 0.717) is 0 Å². The van der Waals surface area contributed by atoms with Gasteiger partial charge in [0.05, 0.1) is 29.4 Å². The van der Waals surface area contributed by atoms with Crippen molar-refractivity contribution in [2.24, 2.45) is 0 Å². The van der Waals surface area contributed by atoms with Crippen LogP contribution in [0.4, 0.5) is 0 Å². The Labute approximate surface area is 143 Å². The maximum absolute atomic E-state index is 6.17. The summed E-state index contributed by atoms with van der Waals surface area (Å²) in [5, 5.41) is 0. The van der Waals surface area contributed by atoms with Crippen molar-refractivity contribution in [1.82, 2.24) is 9.97 Å². The highest BCUT2D eigenvalue weighted by Crippen LogP contribution is 2.37. The summed E-state index contributed by atoms with van der Waals surface area (Å²) in [5.41, 5.74) is 5.53. The summed E-state index contributed by atoms with van der Waals surface area (Å²) < 4.78 is 12.3. The highest BCUT2D eigenvalue weighted by molar-refractivity contribution is 6.62. The van der Waals surface area contributed by atoms with Crippen LogP contribution in [-0.2, 0) is 15.7 Å². The van der Waals surface area contributed by atoms with Crippen LogP contribution in [0.25, 0.3) is 11.6 Å². The number of aryl methyl sites for hydroxylation is 1. The zero-order valence-corrected chi connectivity index (χ0v) is 14.7. The Kier molecular flexibility index (Phi) is 3.48. The molecule has 0 unspecified atom stereocenters. The monoisotopic (exact) mass is 322 g/mol. The molecule has 1 N–H and O–H groups in total. The van der Waals surface area contributed by atoms with Gasteiger partial charge in [0.1, 0.15) is 0 Å². The number of allylic oxidation sites excluding steroid dienone is 1. The van der Waals surface area contributed by atoms with Gasteiger partial charge >= 0.3 is 7.12 Å². The Hall–Kier alpha value is -1.85. The van der Waals surface area contributed by atoms with E-state index in [2.05, 4.69) is 61.9 Å². The first-order valence-electron chi connectivity index (χ1n) is 8.53. The molecule has 2 heterocycles. The minimum absolute atomic E-state index is 0.293. The predicted molar refractivity (Wildman–Crippen MR) is 96.9 cm³/mol. The van der Waals surface area contributed by atoms with E-state index in [-0.39, 0.29) is 18.3 Å². The molecule has 124 valence electrons. The molecule has 0 radical (unpaired) electrons. The topological polar surface area (TPSA) is 47.1 Å². The van der Waals surface area contributed by atoms with E-state index >= 15 is 0 Å². The van der Waals surface area contributed by atoms with Crippen molar-refractivity contribution in [2.45, 2.75) is 51.7 Å². The molecule has 2 aromatic rings. The van der Waals surface area contributed by atoms with E-state index in [4.69, 9.17) is 9.31 Å². The van der Waals surface area contributed by atoms with Crippen LogP contribution in [0.3, 0.4) is 0 Å².